The predicted octanol–water partition coefficient (Wildman–Crippen LogP) is 5.95. The standard InChI is InChI=1S/C30H47NO11/c1-8-9-22(6)40-27(33)39-17-14-30(31,26(32)36-7)19-23-10-11-24(41-28(34)37-15-12-20(2)3)25(18-23)42-29(35)38-16-13-21(4)5/h10-11,18,20-22H,8-9,12-17,19,31H2,1-7H3/t22-,30+/m0/s1. The molecular formula is C30H47NO11. The van der Waals surface area contributed by atoms with Crippen LogP contribution in [-0.4, -0.2) is 63.0 Å². The highest BCUT2D eigenvalue weighted by Crippen LogP contribution is 2.31. The van der Waals surface area contributed by atoms with E-state index in [-0.39, 0.29) is 50.3 Å². The van der Waals surface area contributed by atoms with Gasteiger partial charge in [0.1, 0.15) is 11.6 Å². The number of benzene rings is 1. The van der Waals surface area contributed by atoms with Gasteiger partial charge in [-0.25, -0.2) is 14.4 Å². The van der Waals surface area contributed by atoms with Gasteiger partial charge in [0.25, 0.3) is 0 Å². The van der Waals surface area contributed by atoms with Crippen molar-refractivity contribution in [2.75, 3.05) is 26.9 Å². The van der Waals surface area contributed by atoms with Crippen LogP contribution in [0.1, 0.15) is 79.2 Å². The number of nitrogens with two attached hydrogens (primary N) is 1. The summed E-state index contributed by atoms with van der Waals surface area (Å²) in [4.78, 5) is 49.3. The minimum Gasteiger partial charge on any atom is -0.468 e. The van der Waals surface area contributed by atoms with Crippen LogP contribution < -0.4 is 15.2 Å². The lowest BCUT2D eigenvalue weighted by molar-refractivity contribution is -0.147. The molecule has 12 nitrogen and oxygen atoms in total. The Labute approximate surface area is 248 Å². The minimum atomic E-state index is -1.61. The van der Waals surface area contributed by atoms with Crippen molar-refractivity contribution >= 4 is 24.4 Å². The molecule has 0 saturated heterocycles. The monoisotopic (exact) mass is 597 g/mol. The van der Waals surface area contributed by atoms with Crippen molar-refractivity contribution in [2.45, 2.75) is 91.7 Å². The van der Waals surface area contributed by atoms with Crippen molar-refractivity contribution in [3.8, 4) is 11.5 Å². The fourth-order valence-corrected chi connectivity index (χ4v) is 3.63. The molecule has 0 amide bonds. The molecule has 0 unspecified atom stereocenters. The molecule has 0 spiro atoms. The molecule has 0 heterocycles. The van der Waals surface area contributed by atoms with Crippen molar-refractivity contribution < 1.29 is 52.3 Å². The van der Waals surface area contributed by atoms with Crippen LogP contribution >= 0.6 is 0 Å². The molecule has 0 bridgehead atoms. The highest BCUT2D eigenvalue weighted by molar-refractivity contribution is 5.81. The first-order valence-corrected chi connectivity index (χ1v) is 14.3. The molecule has 42 heavy (non-hydrogen) atoms. The molecule has 238 valence electrons. The summed E-state index contributed by atoms with van der Waals surface area (Å²) in [6, 6.07) is 4.32. The molecule has 2 N–H and O–H groups in total. The molecule has 0 aliphatic heterocycles. The van der Waals surface area contributed by atoms with E-state index in [0.717, 1.165) is 6.42 Å². The Morgan fingerprint density at radius 1 is 0.786 bits per heavy atom. The summed E-state index contributed by atoms with van der Waals surface area (Å²) >= 11 is 0. The van der Waals surface area contributed by atoms with Gasteiger partial charge in [-0.2, -0.15) is 0 Å². The Bertz CT molecular complexity index is 1010. The van der Waals surface area contributed by atoms with E-state index < -0.39 is 30.0 Å². The SMILES string of the molecule is CCC[C@H](C)OC(=O)OCC[C@@](N)(Cc1ccc(OC(=O)OCCC(C)C)c(OC(=O)OCCC(C)C)c1)C(=O)OC. The van der Waals surface area contributed by atoms with Crippen molar-refractivity contribution in [3.05, 3.63) is 23.8 Å². The van der Waals surface area contributed by atoms with E-state index in [1.165, 1.54) is 19.2 Å². The number of hydrogen-bond acceptors (Lipinski definition) is 12. The summed E-state index contributed by atoms with van der Waals surface area (Å²) in [6.07, 6.45) is -0.536. The van der Waals surface area contributed by atoms with E-state index in [1.54, 1.807) is 13.0 Å². The maximum Gasteiger partial charge on any atom is 0.513 e. The zero-order chi connectivity index (χ0) is 31.7. The number of ether oxygens (including phenoxy) is 7. The fourth-order valence-electron chi connectivity index (χ4n) is 3.63. The van der Waals surface area contributed by atoms with Crippen LogP contribution in [-0.2, 0) is 34.9 Å². The van der Waals surface area contributed by atoms with Gasteiger partial charge in [0, 0.05) is 12.8 Å². The Hall–Kier alpha value is -3.54. The van der Waals surface area contributed by atoms with Crippen LogP contribution in [0.3, 0.4) is 0 Å². The lowest BCUT2D eigenvalue weighted by atomic mass is 9.88. The molecule has 0 aliphatic rings. The summed E-state index contributed by atoms with van der Waals surface area (Å²) in [6.45, 7) is 11.7. The summed E-state index contributed by atoms with van der Waals surface area (Å²) in [5.41, 5.74) is 5.24. The molecule has 0 aromatic heterocycles. The molecule has 12 heteroatoms. The molecule has 1 rings (SSSR count). The first kappa shape index (κ1) is 36.5. The van der Waals surface area contributed by atoms with Crippen molar-refractivity contribution in [2.24, 2.45) is 17.6 Å². The maximum absolute atomic E-state index is 12.7. The third-order valence-corrected chi connectivity index (χ3v) is 6.10. The molecule has 0 saturated carbocycles. The Morgan fingerprint density at radius 3 is 1.86 bits per heavy atom. The van der Waals surface area contributed by atoms with Gasteiger partial charge in [0.05, 0.1) is 26.9 Å². The maximum atomic E-state index is 12.7. The summed E-state index contributed by atoms with van der Waals surface area (Å²) < 4.78 is 36.0. The molecule has 0 fully saturated rings. The van der Waals surface area contributed by atoms with Crippen LogP contribution in [0.4, 0.5) is 14.4 Å². The molecule has 1 aromatic rings. The zero-order valence-electron chi connectivity index (χ0n) is 25.9. The normalized spacial score (nSPS) is 13.1. The lowest BCUT2D eigenvalue weighted by Gasteiger charge is -2.26. The van der Waals surface area contributed by atoms with Gasteiger partial charge < -0.3 is 38.9 Å². The third-order valence-electron chi connectivity index (χ3n) is 6.10. The number of carbonyl (C=O) groups excluding carboxylic acids is 4. The number of rotatable bonds is 17. The van der Waals surface area contributed by atoms with Gasteiger partial charge >= 0.3 is 24.4 Å². The quantitative estimate of drug-likeness (QED) is 0.128. The largest absolute Gasteiger partial charge is 0.513 e. The van der Waals surface area contributed by atoms with Gasteiger partial charge in [-0.15, -0.1) is 0 Å². The summed E-state index contributed by atoms with van der Waals surface area (Å²) in [7, 11) is 1.19. The van der Waals surface area contributed by atoms with E-state index in [1.807, 2.05) is 34.6 Å². The predicted molar refractivity (Wildman–Crippen MR) is 153 cm³/mol. The van der Waals surface area contributed by atoms with Gasteiger partial charge in [-0.05, 0) is 55.7 Å². The van der Waals surface area contributed by atoms with Crippen LogP contribution in [0.5, 0.6) is 11.5 Å². The highest BCUT2D eigenvalue weighted by Gasteiger charge is 2.36. The smallest absolute Gasteiger partial charge is 0.468 e. The number of hydrogen-bond donors (Lipinski definition) is 1. The zero-order valence-corrected chi connectivity index (χ0v) is 25.9. The average molecular weight is 598 g/mol. The Balaban J connectivity index is 3.09. The van der Waals surface area contributed by atoms with Crippen molar-refractivity contribution in [3.63, 3.8) is 0 Å². The first-order valence-electron chi connectivity index (χ1n) is 14.3. The van der Waals surface area contributed by atoms with E-state index in [9.17, 15) is 19.2 Å². The van der Waals surface area contributed by atoms with Gasteiger partial charge in [0.2, 0.25) is 0 Å². The van der Waals surface area contributed by atoms with E-state index in [2.05, 4.69) is 0 Å². The van der Waals surface area contributed by atoms with Crippen LogP contribution in [0.2, 0.25) is 0 Å². The van der Waals surface area contributed by atoms with Gasteiger partial charge in [-0.1, -0.05) is 47.1 Å². The van der Waals surface area contributed by atoms with Crippen LogP contribution in [0.15, 0.2) is 18.2 Å². The minimum absolute atomic E-state index is 0.0925. The molecule has 0 aliphatic carbocycles. The third kappa shape index (κ3) is 14.4. The second-order valence-corrected chi connectivity index (χ2v) is 10.9. The van der Waals surface area contributed by atoms with E-state index in [4.69, 9.17) is 38.9 Å². The summed E-state index contributed by atoms with van der Waals surface area (Å²) in [5, 5.41) is 0. The van der Waals surface area contributed by atoms with Crippen LogP contribution in [0.25, 0.3) is 0 Å². The molecule has 1 aromatic carbocycles. The van der Waals surface area contributed by atoms with Crippen LogP contribution in [0, 0.1) is 11.8 Å². The van der Waals surface area contributed by atoms with E-state index >= 15 is 0 Å². The first-order chi connectivity index (χ1) is 19.8. The Morgan fingerprint density at radius 2 is 1.33 bits per heavy atom. The fraction of sp³-hybridized carbons (Fsp3) is 0.667. The Kier molecular flexibility index (Phi) is 16.3. The number of carbonyl (C=O) groups is 4. The molecule has 0 radical (unpaired) electrons. The summed E-state index contributed by atoms with van der Waals surface area (Å²) in [5.74, 6) is -0.351. The average Bonchev–Trinajstić information content (AvgIpc) is 2.89. The number of methoxy groups -OCH3 is 1. The van der Waals surface area contributed by atoms with Crippen molar-refractivity contribution in [1.29, 1.82) is 0 Å². The highest BCUT2D eigenvalue weighted by atomic mass is 16.7. The van der Waals surface area contributed by atoms with Gasteiger partial charge in [-0.3, -0.25) is 4.79 Å². The van der Waals surface area contributed by atoms with Crippen molar-refractivity contribution in [1.82, 2.24) is 0 Å². The second kappa shape index (κ2) is 18.8. The lowest BCUT2D eigenvalue weighted by Crippen LogP contribution is -2.51. The molecule has 2 atom stereocenters. The molecular weight excluding hydrogens is 550 g/mol. The second-order valence-electron chi connectivity index (χ2n) is 10.9. The van der Waals surface area contributed by atoms with E-state index in [0.29, 0.717) is 36.7 Å². The number of esters is 1. The van der Waals surface area contributed by atoms with Gasteiger partial charge in [0.15, 0.2) is 11.5 Å². The topological polar surface area (TPSA) is 159 Å².